The van der Waals surface area contributed by atoms with Crippen LogP contribution in [0.4, 0.5) is 0 Å². The van der Waals surface area contributed by atoms with E-state index in [0.29, 0.717) is 17.9 Å². The van der Waals surface area contributed by atoms with Crippen molar-refractivity contribution in [2.45, 2.75) is 57.5 Å². The lowest BCUT2D eigenvalue weighted by molar-refractivity contribution is -0.122. The number of carbonyl (C=O) groups is 1. The summed E-state index contributed by atoms with van der Waals surface area (Å²) in [7, 11) is 0. The van der Waals surface area contributed by atoms with Gasteiger partial charge in [-0.05, 0) is 37.5 Å². The van der Waals surface area contributed by atoms with Crippen molar-refractivity contribution in [3.05, 3.63) is 0 Å². The van der Waals surface area contributed by atoms with E-state index in [2.05, 4.69) is 21.2 Å². The normalized spacial score (nSPS) is 26.4. The maximum atomic E-state index is 11.8. The van der Waals surface area contributed by atoms with Gasteiger partial charge in [-0.2, -0.15) is 0 Å². The minimum atomic E-state index is 0.192. The highest BCUT2D eigenvalue weighted by molar-refractivity contribution is 9.09. The number of rotatable bonds is 6. The standard InChI is InChI=1S/C14H24BrNO2/c15-10-14(7-1-2-8-14)11-16-13(17)6-5-12-4-3-9-18-12/h12H,1-11H2,(H,16,17). The van der Waals surface area contributed by atoms with Gasteiger partial charge in [0.1, 0.15) is 0 Å². The molecule has 1 saturated carbocycles. The summed E-state index contributed by atoms with van der Waals surface area (Å²) < 4.78 is 5.53. The van der Waals surface area contributed by atoms with Crippen molar-refractivity contribution in [1.82, 2.24) is 5.32 Å². The summed E-state index contributed by atoms with van der Waals surface area (Å²) in [5, 5.41) is 4.12. The Morgan fingerprint density at radius 3 is 2.72 bits per heavy atom. The topological polar surface area (TPSA) is 38.3 Å². The van der Waals surface area contributed by atoms with Gasteiger partial charge in [0, 0.05) is 24.9 Å². The molecule has 18 heavy (non-hydrogen) atoms. The zero-order valence-electron chi connectivity index (χ0n) is 11.0. The Hall–Kier alpha value is -0.0900. The van der Waals surface area contributed by atoms with E-state index in [4.69, 9.17) is 4.74 Å². The van der Waals surface area contributed by atoms with Gasteiger partial charge >= 0.3 is 0 Å². The second-order valence-electron chi connectivity index (χ2n) is 5.79. The van der Waals surface area contributed by atoms with Crippen LogP contribution in [0.15, 0.2) is 0 Å². The van der Waals surface area contributed by atoms with Gasteiger partial charge in [-0.3, -0.25) is 4.79 Å². The number of halogens is 1. The van der Waals surface area contributed by atoms with Crippen LogP contribution >= 0.6 is 15.9 Å². The number of hydrogen-bond acceptors (Lipinski definition) is 2. The van der Waals surface area contributed by atoms with Crippen molar-refractivity contribution >= 4 is 21.8 Å². The Labute approximate surface area is 118 Å². The molecule has 0 bridgehead atoms. The number of ether oxygens (including phenoxy) is 1. The molecule has 0 aromatic carbocycles. The van der Waals surface area contributed by atoms with Gasteiger partial charge in [-0.25, -0.2) is 0 Å². The zero-order valence-corrected chi connectivity index (χ0v) is 12.6. The Balaban J connectivity index is 1.64. The summed E-state index contributed by atoms with van der Waals surface area (Å²) >= 11 is 3.61. The molecule has 0 aromatic rings. The number of carbonyl (C=O) groups excluding carboxylic acids is 1. The smallest absolute Gasteiger partial charge is 0.220 e. The first kappa shape index (κ1) is 14.3. The van der Waals surface area contributed by atoms with E-state index in [1.165, 1.54) is 25.7 Å². The SMILES string of the molecule is O=C(CCC1CCCO1)NCC1(CBr)CCCC1. The van der Waals surface area contributed by atoms with Crippen LogP contribution in [0.2, 0.25) is 0 Å². The second kappa shape index (κ2) is 6.90. The number of alkyl halides is 1. The van der Waals surface area contributed by atoms with Gasteiger partial charge in [-0.1, -0.05) is 28.8 Å². The van der Waals surface area contributed by atoms with Crippen molar-refractivity contribution < 1.29 is 9.53 Å². The van der Waals surface area contributed by atoms with Crippen LogP contribution in [0.3, 0.4) is 0 Å². The molecule has 1 unspecified atom stereocenters. The fourth-order valence-corrected chi connectivity index (χ4v) is 3.78. The van der Waals surface area contributed by atoms with Crippen molar-refractivity contribution in [1.29, 1.82) is 0 Å². The molecule has 1 aliphatic carbocycles. The molecular weight excluding hydrogens is 294 g/mol. The predicted molar refractivity (Wildman–Crippen MR) is 75.9 cm³/mol. The predicted octanol–water partition coefficient (Wildman–Crippen LogP) is 3.02. The third kappa shape index (κ3) is 3.95. The highest BCUT2D eigenvalue weighted by atomic mass is 79.9. The summed E-state index contributed by atoms with van der Waals surface area (Å²) in [5.74, 6) is 0.192. The van der Waals surface area contributed by atoms with Crippen LogP contribution in [-0.4, -0.2) is 30.5 Å². The molecule has 0 spiro atoms. The van der Waals surface area contributed by atoms with E-state index in [1.54, 1.807) is 0 Å². The quantitative estimate of drug-likeness (QED) is 0.765. The number of amides is 1. The van der Waals surface area contributed by atoms with E-state index in [-0.39, 0.29) is 5.91 Å². The molecule has 104 valence electrons. The number of hydrogen-bond donors (Lipinski definition) is 1. The van der Waals surface area contributed by atoms with E-state index in [1.807, 2.05) is 0 Å². The molecule has 1 aliphatic heterocycles. The van der Waals surface area contributed by atoms with Gasteiger partial charge in [0.25, 0.3) is 0 Å². The molecule has 1 saturated heterocycles. The molecule has 3 nitrogen and oxygen atoms in total. The van der Waals surface area contributed by atoms with Crippen LogP contribution in [-0.2, 0) is 9.53 Å². The molecule has 1 heterocycles. The monoisotopic (exact) mass is 317 g/mol. The van der Waals surface area contributed by atoms with Gasteiger partial charge in [0.2, 0.25) is 5.91 Å². The summed E-state index contributed by atoms with van der Waals surface area (Å²) in [6.07, 6.45) is 9.18. The molecule has 1 N–H and O–H groups in total. The largest absolute Gasteiger partial charge is 0.378 e. The summed E-state index contributed by atoms with van der Waals surface area (Å²) in [4.78, 5) is 11.8. The maximum Gasteiger partial charge on any atom is 0.220 e. The minimum Gasteiger partial charge on any atom is -0.378 e. The summed E-state index contributed by atoms with van der Waals surface area (Å²) in [5.41, 5.74) is 0.319. The third-order valence-corrected chi connectivity index (χ3v) is 5.52. The molecule has 2 rings (SSSR count). The first-order valence-electron chi connectivity index (χ1n) is 7.18. The Morgan fingerprint density at radius 1 is 1.33 bits per heavy atom. The van der Waals surface area contributed by atoms with Gasteiger partial charge in [0.05, 0.1) is 6.10 Å². The van der Waals surface area contributed by atoms with E-state index in [9.17, 15) is 4.79 Å². The lowest BCUT2D eigenvalue weighted by atomic mass is 9.89. The first-order chi connectivity index (χ1) is 8.74. The first-order valence-corrected chi connectivity index (χ1v) is 8.31. The minimum absolute atomic E-state index is 0.192. The number of nitrogens with one attached hydrogen (secondary N) is 1. The van der Waals surface area contributed by atoms with Crippen molar-refractivity contribution in [3.8, 4) is 0 Å². The maximum absolute atomic E-state index is 11.8. The lowest BCUT2D eigenvalue weighted by Gasteiger charge is -2.26. The van der Waals surface area contributed by atoms with Gasteiger partial charge in [-0.15, -0.1) is 0 Å². The Bertz CT molecular complexity index is 271. The van der Waals surface area contributed by atoms with Crippen molar-refractivity contribution in [2.75, 3.05) is 18.5 Å². The Morgan fingerprint density at radius 2 is 2.11 bits per heavy atom. The molecule has 4 heteroatoms. The van der Waals surface area contributed by atoms with E-state index < -0.39 is 0 Å². The summed E-state index contributed by atoms with van der Waals surface area (Å²) in [6, 6.07) is 0. The molecule has 0 aromatic heterocycles. The lowest BCUT2D eigenvalue weighted by Crippen LogP contribution is -2.37. The van der Waals surface area contributed by atoms with Crippen LogP contribution in [0.5, 0.6) is 0 Å². The average Bonchev–Trinajstić information content (AvgIpc) is 3.06. The zero-order chi connectivity index (χ0) is 12.8. The Kier molecular flexibility index (Phi) is 5.49. The highest BCUT2D eigenvalue weighted by Crippen LogP contribution is 2.38. The fraction of sp³-hybridized carbons (Fsp3) is 0.929. The van der Waals surface area contributed by atoms with E-state index in [0.717, 1.165) is 37.7 Å². The molecule has 2 aliphatic rings. The third-order valence-electron chi connectivity index (χ3n) is 4.33. The second-order valence-corrected chi connectivity index (χ2v) is 6.35. The van der Waals surface area contributed by atoms with Crippen LogP contribution in [0, 0.1) is 5.41 Å². The molecule has 1 amide bonds. The average molecular weight is 318 g/mol. The molecule has 1 atom stereocenters. The van der Waals surface area contributed by atoms with Crippen molar-refractivity contribution in [3.63, 3.8) is 0 Å². The molecule has 2 fully saturated rings. The fourth-order valence-electron chi connectivity index (χ4n) is 3.02. The van der Waals surface area contributed by atoms with Gasteiger partial charge in [0.15, 0.2) is 0 Å². The van der Waals surface area contributed by atoms with Crippen LogP contribution < -0.4 is 5.32 Å². The summed E-state index contributed by atoms with van der Waals surface area (Å²) in [6.45, 7) is 1.71. The van der Waals surface area contributed by atoms with Crippen LogP contribution in [0.1, 0.15) is 51.4 Å². The van der Waals surface area contributed by atoms with Gasteiger partial charge < -0.3 is 10.1 Å². The van der Waals surface area contributed by atoms with E-state index >= 15 is 0 Å². The van der Waals surface area contributed by atoms with Crippen molar-refractivity contribution in [2.24, 2.45) is 5.41 Å². The van der Waals surface area contributed by atoms with Crippen LogP contribution in [0.25, 0.3) is 0 Å². The molecular formula is C14H24BrNO2. The molecule has 0 radical (unpaired) electrons. The highest BCUT2D eigenvalue weighted by Gasteiger charge is 2.32.